The Labute approximate surface area is 238 Å². The first-order valence-electron chi connectivity index (χ1n) is 14.2. The molecule has 1 saturated carbocycles. The largest absolute Gasteiger partial charge is 0.493 e. The van der Waals surface area contributed by atoms with Gasteiger partial charge in [0.2, 0.25) is 11.8 Å². The van der Waals surface area contributed by atoms with Gasteiger partial charge in [-0.2, -0.15) is 0 Å². The molecule has 2 aromatic carbocycles. The Kier molecular flexibility index (Phi) is 7.78. The summed E-state index contributed by atoms with van der Waals surface area (Å²) in [5, 5.41) is 14.4. The van der Waals surface area contributed by atoms with Crippen LogP contribution in [0.2, 0.25) is 0 Å². The predicted octanol–water partition coefficient (Wildman–Crippen LogP) is 3.05. The Morgan fingerprint density at radius 2 is 1.88 bits per heavy atom. The maximum absolute atomic E-state index is 13.6. The average molecular weight is 562 g/mol. The van der Waals surface area contributed by atoms with Crippen LogP contribution in [0.15, 0.2) is 46.9 Å². The fraction of sp³-hybridized carbons (Fsp3) is 0.467. The molecule has 1 aliphatic carbocycles. The number of nitrogens with zero attached hydrogens (tertiary/aromatic N) is 3. The number of aromatic nitrogens is 2. The van der Waals surface area contributed by atoms with Gasteiger partial charge >= 0.3 is 0 Å². The highest BCUT2D eigenvalue weighted by Gasteiger charge is 2.37. The second-order valence-corrected chi connectivity index (χ2v) is 11.3. The van der Waals surface area contributed by atoms with Crippen LogP contribution >= 0.6 is 0 Å². The Bertz CT molecular complexity index is 1390. The summed E-state index contributed by atoms with van der Waals surface area (Å²) in [7, 11) is 0. The summed E-state index contributed by atoms with van der Waals surface area (Å²) in [5.41, 5.74) is 1.32. The van der Waals surface area contributed by atoms with E-state index >= 15 is 0 Å². The van der Waals surface area contributed by atoms with Crippen LogP contribution in [0.1, 0.15) is 60.3 Å². The summed E-state index contributed by atoms with van der Waals surface area (Å²) in [6.07, 6.45) is 1.97. The number of likely N-dealkylation sites (tertiary alicyclic amines) is 1. The van der Waals surface area contributed by atoms with Crippen molar-refractivity contribution in [3.63, 3.8) is 0 Å². The maximum atomic E-state index is 13.6. The molecule has 4 aliphatic rings. The molecule has 1 saturated heterocycles. The van der Waals surface area contributed by atoms with Crippen molar-refractivity contribution in [2.45, 2.75) is 57.8 Å². The molecule has 2 N–H and O–H groups in total. The normalized spacial score (nSPS) is 21.4. The third kappa shape index (κ3) is 6.97. The molecule has 2 amide bonds. The van der Waals surface area contributed by atoms with Crippen molar-refractivity contribution in [3.05, 3.63) is 65.4 Å². The molecule has 0 spiro atoms. The minimum atomic E-state index is -0.322. The monoisotopic (exact) mass is 561 g/mol. The van der Waals surface area contributed by atoms with Crippen LogP contribution in [-0.4, -0.2) is 65.4 Å². The highest BCUT2D eigenvalue weighted by atomic mass is 16.5. The molecule has 2 fully saturated rings. The Balaban J connectivity index is 1.25. The van der Waals surface area contributed by atoms with Crippen molar-refractivity contribution in [3.8, 4) is 17.2 Å². The molecule has 0 radical (unpaired) electrons. The van der Waals surface area contributed by atoms with E-state index in [1.54, 1.807) is 18.2 Å². The molecular formula is C30H35N5O6. The number of carbonyl (C=O) groups excluding carboxylic acids is 2. The van der Waals surface area contributed by atoms with Crippen molar-refractivity contribution in [1.29, 1.82) is 0 Å². The topological polar surface area (TPSA) is 128 Å². The lowest BCUT2D eigenvalue weighted by atomic mass is 10.1. The zero-order valence-electron chi connectivity index (χ0n) is 23.3. The van der Waals surface area contributed by atoms with Gasteiger partial charge < -0.3 is 29.3 Å². The van der Waals surface area contributed by atoms with E-state index in [-0.39, 0.29) is 36.5 Å². The highest BCUT2D eigenvalue weighted by Crippen LogP contribution is 2.31. The van der Waals surface area contributed by atoms with Gasteiger partial charge in [0.1, 0.15) is 23.4 Å². The standard InChI is InChI=1S/C30H35N5O6/c1-18(2)30-34-33-28(41-30)15-35-13-25-26(14-35)40-22-7-5-19(6-8-22)12-31-27(36)17-39-24-10-21(29(37)32-25)9-23(11-24)38-16-20-3-4-20/h5-11,18,20,25-26H,3-4,12-17H2,1-2H3,(H,31,36)(H,32,37)/t25-,26-/m0/s1. The second-order valence-electron chi connectivity index (χ2n) is 11.3. The zero-order chi connectivity index (χ0) is 28.3. The molecule has 7 rings (SSSR count). The molecule has 3 aromatic rings. The van der Waals surface area contributed by atoms with Crippen LogP contribution in [0, 0.1) is 5.92 Å². The molecule has 4 bridgehead atoms. The molecule has 1 aromatic heterocycles. The number of hydrogen-bond donors (Lipinski definition) is 2. The Morgan fingerprint density at radius 1 is 1.05 bits per heavy atom. The summed E-state index contributed by atoms with van der Waals surface area (Å²) >= 11 is 0. The zero-order valence-corrected chi connectivity index (χ0v) is 23.3. The second kappa shape index (κ2) is 11.8. The molecule has 0 unspecified atom stereocenters. The van der Waals surface area contributed by atoms with Crippen LogP contribution in [-0.2, 0) is 17.9 Å². The number of rotatable bonds is 6. The molecular weight excluding hydrogens is 526 g/mol. The first-order chi connectivity index (χ1) is 19.9. The SMILES string of the molecule is CC(C)c1nnc(CN2C[C@@H]3NC(=O)c4cc(cc(OCC5CC5)c4)OCC(=O)NCc4ccc(cc4)O[C@H]3C2)o1. The molecule has 11 heteroatoms. The Morgan fingerprint density at radius 3 is 2.63 bits per heavy atom. The van der Waals surface area contributed by atoms with Gasteiger partial charge in [-0.15, -0.1) is 10.2 Å². The summed E-state index contributed by atoms with van der Waals surface area (Å²) in [4.78, 5) is 28.2. The van der Waals surface area contributed by atoms with Gasteiger partial charge in [0.15, 0.2) is 6.61 Å². The third-order valence-electron chi connectivity index (χ3n) is 7.39. The summed E-state index contributed by atoms with van der Waals surface area (Å²) in [6, 6.07) is 12.3. The summed E-state index contributed by atoms with van der Waals surface area (Å²) in [5.74, 6) is 2.88. The summed E-state index contributed by atoms with van der Waals surface area (Å²) in [6.45, 7) is 6.33. The lowest BCUT2D eigenvalue weighted by Crippen LogP contribution is -2.45. The van der Waals surface area contributed by atoms with Gasteiger partial charge in [-0.1, -0.05) is 26.0 Å². The molecule has 216 valence electrons. The van der Waals surface area contributed by atoms with Crippen LogP contribution < -0.4 is 24.8 Å². The molecule has 41 heavy (non-hydrogen) atoms. The number of hydrogen-bond acceptors (Lipinski definition) is 9. The summed E-state index contributed by atoms with van der Waals surface area (Å²) < 4.78 is 24.0. The van der Waals surface area contributed by atoms with Gasteiger partial charge in [-0.05, 0) is 48.6 Å². The van der Waals surface area contributed by atoms with Gasteiger partial charge in [0.05, 0.1) is 19.2 Å². The van der Waals surface area contributed by atoms with Gasteiger partial charge in [0.25, 0.3) is 11.8 Å². The van der Waals surface area contributed by atoms with E-state index in [0.717, 1.165) is 18.4 Å². The van der Waals surface area contributed by atoms with E-state index in [2.05, 4.69) is 25.7 Å². The number of ether oxygens (including phenoxy) is 3. The molecule has 2 atom stereocenters. The number of benzene rings is 2. The van der Waals surface area contributed by atoms with E-state index in [4.69, 9.17) is 18.6 Å². The Hall–Kier alpha value is -4.12. The van der Waals surface area contributed by atoms with E-state index in [1.165, 1.54) is 0 Å². The predicted molar refractivity (Wildman–Crippen MR) is 148 cm³/mol. The van der Waals surface area contributed by atoms with Crippen molar-refractivity contribution in [2.24, 2.45) is 5.92 Å². The van der Waals surface area contributed by atoms with Crippen LogP contribution in [0.5, 0.6) is 17.2 Å². The quantitative estimate of drug-likeness (QED) is 0.467. The van der Waals surface area contributed by atoms with Crippen molar-refractivity contribution < 1.29 is 28.2 Å². The van der Waals surface area contributed by atoms with E-state index < -0.39 is 0 Å². The fourth-order valence-corrected chi connectivity index (χ4v) is 4.88. The van der Waals surface area contributed by atoms with Gasteiger partial charge in [-0.3, -0.25) is 14.5 Å². The fourth-order valence-electron chi connectivity index (χ4n) is 4.88. The highest BCUT2D eigenvalue weighted by molar-refractivity contribution is 5.95. The number of amides is 2. The molecule has 3 aliphatic heterocycles. The number of nitrogens with one attached hydrogen (secondary N) is 2. The van der Waals surface area contributed by atoms with Crippen LogP contribution in [0.4, 0.5) is 0 Å². The molecule has 4 heterocycles. The van der Waals surface area contributed by atoms with Crippen LogP contribution in [0.25, 0.3) is 0 Å². The first-order valence-corrected chi connectivity index (χ1v) is 14.2. The lowest BCUT2D eigenvalue weighted by Gasteiger charge is -2.22. The lowest BCUT2D eigenvalue weighted by molar-refractivity contribution is -0.123. The molecule has 11 nitrogen and oxygen atoms in total. The third-order valence-corrected chi connectivity index (χ3v) is 7.39. The average Bonchev–Trinajstić information content (AvgIpc) is 3.56. The van der Waals surface area contributed by atoms with Gasteiger partial charge in [0, 0.05) is 37.2 Å². The minimum absolute atomic E-state index is 0.146. The van der Waals surface area contributed by atoms with Crippen molar-refractivity contribution >= 4 is 11.8 Å². The minimum Gasteiger partial charge on any atom is -0.493 e. The first kappa shape index (κ1) is 27.1. The maximum Gasteiger partial charge on any atom is 0.258 e. The van der Waals surface area contributed by atoms with Crippen molar-refractivity contribution in [2.75, 3.05) is 26.3 Å². The van der Waals surface area contributed by atoms with E-state index in [0.29, 0.717) is 73.3 Å². The number of fused-ring (bicyclic) bond motifs is 7. The van der Waals surface area contributed by atoms with E-state index in [1.807, 2.05) is 38.1 Å². The smallest absolute Gasteiger partial charge is 0.258 e. The van der Waals surface area contributed by atoms with E-state index in [9.17, 15) is 9.59 Å². The van der Waals surface area contributed by atoms with Gasteiger partial charge in [-0.25, -0.2) is 0 Å². The van der Waals surface area contributed by atoms with Crippen LogP contribution in [0.3, 0.4) is 0 Å². The number of carbonyl (C=O) groups is 2. The van der Waals surface area contributed by atoms with Crippen molar-refractivity contribution in [1.82, 2.24) is 25.7 Å².